The van der Waals surface area contributed by atoms with Crippen LogP contribution in [0.4, 0.5) is 0 Å². The van der Waals surface area contributed by atoms with Crippen LogP contribution in [0.2, 0.25) is 0 Å². The van der Waals surface area contributed by atoms with E-state index >= 15 is 0 Å². The van der Waals surface area contributed by atoms with E-state index in [0.29, 0.717) is 18.7 Å². The lowest BCUT2D eigenvalue weighted by molar-refractivity contribution is 0.0418. The van der Waals surface area contributed by atoms with Crippen molar-refractivity contribution < 1.29 is 5.11 Å². The third-order valence-electron chi connectivity index (χ3n) is 4.01. The molecule has 2 N–H and O–H groups in total. The van der Waals surface area contributed by atoms with E-state index in [-0.39, 0.29) is 0 Å². The van der Waals surface area contributed by atoms with Gasteiger partial charge in [0.15, 0.2) is 0 Å². The number of aryl methyl sites for hydroxylation is 1. The Morgan fingerprint density at radius 3 is 3.15 bits per heavy atom. The zero-order valence-electron chi connectivity index (χ0n) is 11.7. The van der Waals surface area contributed by atoms with Crippen LogP contribution in [0, 0.1) is 0 Å². The van der Waals surface area contributed by atoms with Crippen LogP contribution < -0.4 is 0 Å². The van der Waals surface area contributed by atoms with Gasteiger partial charge in [0.25, 0.3) is 0 Å². The molecule has 1 aliphatic rings. The standard InChI is InChI=1S/C13H20N6O/c1-2-19-11(3-6-15-19)4-7-18-8-5-13(20,10-18)12-9-14-17-16-12/h3,6,9,20H,2,4-5,7-8,10H2,1H3,(H,14,16,17). The van der Waals surface area contributed by atoms with Crippen LogP contribution in [-0.4, -0.2) is 54.8 Å². The summed E-state index contributed by atoms with van der Waals surface area (Å²) in [7, 11) is 0. The number of aliphatic hydroxyl groups is 1. The minimum absolute atomic E-state index is 0.611. The predicted molar refractivity (Wildman–Crippen MR) is 72.9 cm³/mol. The molecule has 1 atom stereocenters. The fourth-order valence-corrected chi connectivity index (χ4v) is 2.83. The monoisotopic (exact) mass is 276 g/mol. The van der Waals surface area contributed by atoms with Gasteiger partial charge in [-0.1, -0.05) is 0 Å². The molecule has 20 heavy (non-hydrogen) atoms. The van der Waals surface area contributed by atoms with Crippen LogP contribution in [0.1, 0.15) is 24.7 Å². The van der Waals surface area contributed by atoms with Gasteiger partial charge in [-0.05, 0) is 19.4 Å². The molecule has 0 aliphatic carbocycles. The van der Waals surface area contributed by atoms with Crippen molar-refractivity contribution in [3.8, 4) is 0 Å². The summed E-state index contributed by atoms with van der Waals surface area (Å²) < 4.78 is 2.01. The smallest absolute Gasteiger partial charge is 0.124 e. The fraction of sp³-hybridized carbons (Fsp3) is 0.615. The highest BCUT2D eigenvalue weighted by Crippen LogP contribution is 2.29. The molecule has 1 unspecified atom stereocenters. The maximum atomic E-state index is 10.6. The summed E-state index contributed by atoms with van der Waals surface area (Å²) in [5.74, 6) is 0. The fourth-order valence-electron chi connectivity index (χ4n) is 2.83. The van der Waals surface area contributed by atoms with E-state index in [1.54, 1.807) is 6.20 Å². The number of H-pyrrole nitrogens is 1. The van der Waals surface area contributed by atoms with Gasteiger partial charge in [0.2, 0.25) is 0 Å². The van der Waals surface area contributed by atoms with E-state index < -0.39 is 5.60 Å². The summed E-state index contributed by atoms with van der Waals surface area (Å²) >= 11 is 0. The van der Waals surface area contributed by atoms with Crippen molar-refractivity contribution in [2.45, 2.75) is 31.9 Å². The molecular formula is C13H20N6O. The Balaban J connectivity index is 1.58. The Bertz CT molecular complexity index is 551. The number of likely N-dealkylation sites (tertiary alicyclic amines) is 1. The van der Waals surface area contributed by atoms with Gasteiger partial charge in [0.1, 0.15) is 11.3 Å². The number of aromatic nitrogens is 5. The molecule has 0 radical (unpaired) electrons. The topological polar surface area (TPSA) is 82.9 Å². The molecule has 2 aromatic heterocycles. The third kappa shape index (κ3) is 2.46. The van der Waals surface area contributed by atoms with Gasteiger partial charge in [0.05, 0.1) is 6.20 Å². The minimum Gasteiger partial charge on any atom is -0.382 e. The number of nitrogens with one attached hydrogen (secondary N) is 1. The number of aromatic amines is 1. The lowest BCUT2D eigenvalue weighted by Crippen LogP contribution is -2.32. The van der Waals surface area contributed by atoms with Crippen LogP contribution in [0.25, 0.3) is 0 Å². The zero-order valence-corrected chi connectivity index (χ0v) is 11.7. The number of nitrogens with zero attached hydrogens (tertiary/aromatic N) is 5. The van der Waals surface area contributed by atoms with Crippen LogP contribution >= 0.6 is 0 Å². The highest BCUT2D eigenvalue weighted by molar-refractivity contribution is 5.10. The summed E-state index contributed by atoms with van der Waals surface area (Å²) in [6.45, 7) is 5.40. The van der Waals surface area contributed by atoms with E-state index in [0.717, 1.165) is 26.1 Å². The van der Waals surface area contributed by atoms with Crippen molar-refractivity contribution >= 4 is 0 Å². The predicted octanol–water partition coefficient (Wildman–Crippen LogP) is 0.157. The molecule has 7 nitrogen and oxygen atoms in total. The first kappa shape index (κ1) is 13.3. The molecule has 108 valence electrons. The van der Waals surface area contributed by atoms with Gasteiger partial charge >= 0.3 is 0 Å². The Morgan fingerprint density at radius 2 is 2.40 bits per heavy atom. The van der Waals surface area contributed by atoms with Crippen molar-refractivity contribution in [3.05, 3.63) is 29.8 Å². The molecule has 0 spiro atoms. The summed E-state index contributed by atoms with van der Waals surface area (Å²) in [5, 5.41) is 25.2. The van der Waals surface area contributed by atoms with Crippen molar-refractivity contribution in [1.82, 2.24) is 30.1 Å². The summed E-state index contributed by atoms with van der Waals surface area (Å²) in [6, 6.07) is 2.06. The second kappa shape index (κ2) is 5.34. The third-order valence-corrected chi connectivity index (χ3v) is 4.01. The quantitative estimate of drug-likeness (QED) is 0.812. The largest absolute Gasteiger partial charge is 0.382 e. The molecule has 3 heterocycles. The highest BCUT2D eigenvalue weighted by Gasteiger charge is 2.39. The molecule has 0 aromatic carbocycles. The van der Waals surface area contributed by atoms with Gasteiger partial charge < -0.3 is 5.11 Å². The van der Waals surface area contributed by atoms with E-state index in [4.69, 9.17) is 0 Å². The first-order valence-corrected chi connectivity index (χ1v) is 7.03. The SMILES string of the molecule is CCn1nccc1CCN1CCC(O)(c2cn[nH]n2)C1. The Hall–Kier alpha value is -1.73. The Labute approximate surface area is 117 Å². The lowest BCUT2D eigenvalue weighted by atomic mass is 10.0. The normalized spacial score (nSPS) is 23.5. The first-order valence-electron chi connectivity index (χ1n) is 7.03. The van der Waals surface area contributed by atoms with Crippen LogP contribution in [-0.2, 0) is 18.6 Å². The van der Waals surface area contributed by atoms with Gasteiger partial charge in [-0.3, -0.25) is 9.58 Å². The van der Waals surface area contributed by atoms with E-state index in [2.05, 4.69) is 38.4 Å². The number of hydrogen-bond acceptors (Lipinski definition) is 5. The van der Waals surface area contributed by atoms with Gasteiger partial charge in [-0.15, -0.1) is 0 Å². The van der Waals surface area contributed by atoms with Crippen LogP contribution in [0.5, 0.6) is 0 Å². The first-order chi connectivity index (χ1) is 9.71. The highest BCUT2D eigenvalue weighted by atomic mass is 16.3. The summed E-state index contributed by atoms with van der Waals surface area (Å²) in [4.78, 5) is 2.27. The molecule has 2 aromatic rings. The van der Waals surface area contributed by atoms with E-state index in [9.17, 15) is 5.11 Å². The second-order valence-electron chi connectivity index (χ2n) is 5.30. The molecule has 0 bridgehead atoms. The Kier molecular flexibility index (Phi) is 3.54. The zero-order chi connectivity index (χ0) is 14.0. The van der Waals surface area contributed by atoms with Gasteiger partial charge in [-0.25, -0.2) is 0 Å². The van der Waals surface area contributed by atoms with Crippen molar-refractivity contribution in [2.75, 3.05) is 19.6 Å². The molecule has 1 fully saturated rings. The van der Waals surface area contributed by atoms with Crippen molar-refractivity contribution in [1.29, 1.82) is 0 Å². The summed E-state index contributed by atoms with van der Waals surface area (Å²) in [6.07, 6.45) is 5.10. The van der Waals surface area contributed by atoms with Gasteiger partial charge in [-0.2, -0.15) is 20.5 Å². The maximum absolute atomic E-state index is 10.6. The molecule has 1 saturated heterocycles. The van der Waals surface area contributed by atoms with Crippen LogP contribution in [0.3, 0.4) is 0 Å². The molecule has 3 rings (SSSR count). The van der Waals surface area contributed by atoms with Gasteiger partial charge in [0, 0.05) is 44.5 Å². The maximum Gasteiger partial charge on any atom is 0.124 e. The molecular weight excluding hydrogens is 256 g/mol. The molecule has 7 heteroatoms. The van der Waals surface area contributed by atoms with E-state index in [1.807, 2.05) is 10.9 Å². The molecule has 0 saturated carbocycles. The molecule has 1 aliphatic heterocycles. The number of β-amino-alcohol motifs (C(OH)–C–C–N with tert-alkyl or cyclic N) is 1. The second-order valence-corrected chi connectivity index (χ2v) is 5.30. The van der Waals surface area contributed by atoms with E-state index in [1.165, 1.54) is 5.69 Å². The summed E-state index contributed by atoms with van der Waals surface area (Å²) in [5.41, 5.74) is 1.01. The lowest BCUT2D eigenvalue weighted by Gasteiger charge is -2.21. The molecule has 0 amide bonds. The minimum atomic E-state index is -0.863. The Morgan fingerprint density at radius 1 is 1.50 bits per heavy atom. The van der Waals surface area contributed by atoms with Crippen molar-refractivity contribution in [3.63, 3.8) is 0 Å². The number of hydrogen-bond donors (Lipinski definition) is 2. The van der Waals surface area contributed by atoms with Crippen molar-refractivity contribution in [2.24, 2.45) is 0 Å². The van der Waals surface area contributed by atoms with Crippen LogP contribution in [0.15, 0.2) is 18.5 Å². The average molecular weight is 276 g/mol. The number of rotatable bonds is 5. The average Bonchev–Trinajstić information content (AvgIpc) is 3.17.